The highest BCUT2D eigenvalue weighted by atomic mass is 16.4. The average Bonchev–Trinajstić information content (AvgIpc) is 3.13. The zero-order valence-electron chi connectivity index (χ0n) is 14.4. The van der Waals surface area contributed by atoms with Gasteiger partial charge in [-0.05, 0) is 42.8 Å². The largest absolute Gasteiger partial charge is 0.416 e. The van der Waals surface area contributed by atoms with Gasteiger partial charge in [0.2, 0.25) is 17.7 Å². The Morgan fingerprint density at radius 3 is 2.20 bits per heavy atom. The fourth-order valence-corrected chi connectivity index (χ4v) is 2.56. The van der Waals surface area contributed by atoms with Crippen LogP contribution in [0.3, 0.4) is 0 Å². The lowest BCUT2D eigenvalue weighted by molar-refractivity contribution is -0.119. The molecular weight excluding hydrogens is 314 g/mol. The number of carbonyl (C=O) groups excluding carboxylic acids is 1. The topological polar surface area (TPSA) is 68.0 Å². The number of amides is 1. The lowest BCUT2D eigenvalue weighted by Gasteiger charge is -2.11. The maximum Gasteiger partial charge on any atom is 0.248 e. The van der Waals surface area contributed by atoms with E-state index in [1.165, 1.54) is 0 Å². The van der Waals surface area contributed by atoms with Gasteiger partial charge in [0, 0.05) is 22.7 Å². The van der Waals surface area contributed by atoms with Crippen LogP contribution in [-0.4, -0.2) is 16.1 Å². The molecule has 5 heteroatoms. The number of rotatable bonds is 6. The van der Waals surface area contributed by atoms with Crippen molar-refractivity contribution < 1.29 is 9.21 Å². The molecule has 1 atom stereocenters. The number of nitrogens with one attached hydrogen (secondary N) is 1. The van der Waals surface area contributed by atoms with Crippen LogP contribution in [0.1, 0.15) is 26.7 Å². The van der Waals surface area contributed by atoms with Gasteiger partial charge in [0.25, 0.3) is 0 Å². The molecule has 0 spiro atoms. The van der Waals surface area contributed by atoms with Crippen LogP contribution in [0.5, 0.6) is 0 Å². The minimum Gasteiger partial charge on any atom is -0.416 e. The monoisotopic (exact) mass is 335 g/mol. The second-order valence-corrected chi connectivity index (χ2v) is 6.03. The maximum absolute atomic E-state index is 12.1. The number of carbonyl (C=O) groups is 1. The number of hydrogen-bond donors (Lipinski definition) is 1. The third kappa shape index (κ3) is 4.12. The molecule has 0 aliphatic carbocycles. The van der Waals surface area contributed by atoms with Crippen LogP contribution >= 0.6 is 0 Å². The van der Waals surface area contributed by atoms with E-state index >= 15 is 0 Å². The molecular formula is C20H21N3O2. The van der Waals surface area contributed by atoms with E-state index in [4.69, 9.17) is 4.42 Å². The minimum atomic E-state index is 0.00838. The first-order valence-corrected chi connectivity index (χ1v) is 8.47. The fourth-order valence-electron chi connectivity index (χ4n) is 2.56. The molecule has 0 bridgehead atoms. The molecule has 1 heterocycles. The summed E-state index contributed by atoms with van der Waals surface area (Å²) in [6.45, 7) is 4.02. The van der Waals surface area contributed by atoms with Gasteiger partial charge in [0.1, 0.15) is 0 Å². The van der Waals surface area contributed by atoms with Crippen molar-refractivity contribution in [2.75, 3.05) is 5.32 Å². The fraction of sp³-hybridized carbons (Fsp3) is 0.250. The van der Waals surface area contributed by atoms with Crippen molar-refractivity contribution in [2.45, 2.75) is 26.7 Å². The van der Waals surface area contributed by atoms with Crippen molar-refractivity contribution in [3.8, 4) is 22.9 Å². The molecule has 3 aromatic rings. The van der Waals surface area contributed by atoms with Gasteiger partial charge in [-0.15, -0.1) is 10.2 Å². The standard InChI is InChI=1S/C20H21N3O2/c1-3-7-14(2)18(24)21-17-12-10-16(11-13-17)20-23-22-19(25-20)15-8-5-4-6-9-15/h4-6,8-14H,3,7H2,1-2H3,(H,21,24)/t14-/m1/s1. The number of hydrogen-bond acceptors (Lipinski definition) is 4. The molecule has 1 amide bonds. The smallest absolute Gasteiger partial charge is 0.248 e. The Balaban J connectivity index is 1.71. The van der Waals surface area contributed by atoms with Gasteiger partial charge in [0.15, 0.2) is 0 Å². The predicted octanol–water partition coefficient (Wildman–Crippen LogP) is 4.78. The summed E-state index contributed by atoms with van der Waals surface area (Å²) in [6, 6.07) is 17.1. The molecule has 5 nitrogen and oxygen atoms in total. The molecule has 128 valence electrons. The number of aromatic nitrogens is 2. The van der Waals surface area contributed by atoms with E-state index in [1.807, 2.05) is 61.5 Å². The first-order chi connectivity index (χ1) is 12.2. The second-order valence-electron chi connectivity index (χ2n) is 6.03. The Morgan fingerprint density at radius 1 is 1.00 bits per heavy atom. The van der Waals surface area contributed by atoms with Gasteiger partial charge >= 0.3 is 0 Å². The molecule has 3 rings (SSSR count). The molecule has 0 radical (unpaired) electrons. The molecule has 0 saturated heterocycles. The number of anilines is 1. The van der Waals surface area contributed by atoms with Crippen molar-refractivity contribution in [3.05, 3.63) is 54.6 Å². The summed E-state index contributed by atoms with van der Waals surface area (Å²) in [7, 11) is 0. The Kier molecular flexibility index (Phi) is 5.23. The van der Waals surface area contributed by atoms with E-state index < -0.39 is 0 Å². The van der Waals surface area contributed by atoms with E-state index in [0.717, 1.165) is 29.7 Å². The maximum atomic E-state index is 12.1. The Labute approximate surface area is 147 Å². The minimum absolute atomic E-state index is 0.00838. The Bertz CT molecular complexity index is 826. The lowest BCUT2D eigenvalue weighted by atomic mass is 10.1. The highest BCUT2D eigenvalue weighted by Crippen LogP contribution is 2.25. The number of nitrogens with zero attached hydrogens (tertiary/aromatic N) is 2. The van der Waals surface area contributed by atoms with Gasteiger partial charge in [0.05, 0.1) is 0 Å². The van der Waals surface area contributed by atoms with E-state index in [-0.39, 0.29) is 11.8 Å². The molecule has 0 aliphatic rings. The molecule has 0 saturated carbocycles. The van der Waals surface area contributed by atoms with Crippen LogP contribution in [0.2, 0.25) is 0 Å². The van der Waals surface area contributed by atoms with Crippen LogP contribution in [0.25, 0.3) is 22.9 Å². The number of benzene rings is 2. The molecule has 0 unspecified atom stereocenters. The van der Waals surface area contributed by atoms with E-state index in [0.29, 0.717) is 11.8 Å². The molecule has 0 fully saturated rings. The summed E-state index contributed by atoms with van der Waals surface area (Å²) in [5.41, 5.74) is 2.46. The van der Waals surface area contributed by atoms with E-state index in [9.17, 15) is 4.79 Å². The first-order valence-electron chi connectivity index (χ1n) is 8.47. The average molecular weight is 335 g/mol. The molecule has 2 aromatic carbocycles. The first kappa shape index (κ1) is 16.9. The summed E-state index contributed by atoms with van der Waals surface area (Å²) in [5, 5.41) is 11.1. The summed E-state index contributed by atoms with van der Waals surface area (Å²) in [5.74, 6) is 0.991. The van der Waals surface area contributed by atoms with E-state index in [1.54, 1.807) is 0 Å². The quantitative estimate of drug-likeness (QED) is 0.704. The third-order valence-corrected chi connectivity index (χ3v) is 4.01. The normalized spacial score (nSPS) is 11.9. The summed E-state index contributed by atoms with van der Waals surface area (Å²) in [4.78, 5) is 12.1. The zero-order valence-corrected chi connectivity index (χ0v) is 14.4. The van der Waals surface area contributed by atoms with Crippen molar-refractivity contribution in [2.24, 2.45) is 5.92 Å². The van der Waals surface area contributed by atoms with Gasteiger partial charge in [-0.1, -0.05) is 38.5 Å². The van der Waals surface area contributed by atoms with Crippen LogP contribution in [0.4, 0.5) is 5.69 Å². The molecule has 0 aliphatic heterocycles. The highest BCUT2D eigenvalue weighted by molar-refractivity contribution is 5.92. The molecule has 1 aromatic heterocycles. The predicted molar refractivity (Wildman–Crippen MR) is 97.9 cm³/mol. The second kappa shape index (κ2) is 7.75. The lowest BCUT2D eigenvalue weighted by Crippen LogP contribution is -2.20. The zero-order chi connectivity index (χ0) is 17.6. The van der Waals surface area contributed by atoms with Crippen LogP contribution in [-0.2, 0) is 4.79 Å². The van der Waals surface area contributed by atoms with Crippen molar-refractivity contribution in [3.63, 3.8) is 0 Å². The van der Waals surface area contributed by atoms with Crippen molar-refractivity contribution >= 4 is 11.6 Å². The third-order valence-electron chi connectivity index (χ3n) is 4.01. The summed E-state index contributed by atoms with van der Waals surface area (Å²) < 4.78 is 5.74. The Hall–Kier alpha value is -2.95. The van der Waals surface area contributed by atoms with Gasteiger partial charge in [-0.3, -0.25) is 4.79 Å². The van der Waals surface area contributed by atoms with E-state index in [2.05, 4.69) is 22.4 Å². The highest BCUT2D eigenvalue weighted by Gasteiger charge is 2.13. The van der Waals surface area contributed by atoms with Crippen molar-refractivity contribution in [1.82, 2.24) is 10.2 Å². The van der Waals surface area contributed by atoms with Gasteiger partial charge in [-0.2, -0.15) is 0 Å². The van der Waals surface area contributed by atoms with Gasteiger partial charge < -0.3 is 9.73 Å². The Morgan fingerprint density at radius 2 is 1.60 bits per heavy atom. The molecule has 25 heavy (non-hydrogen) atoms. The van der Waals surface area contributed by atoms with Crippen LogP contribution in [0, 0.1) is 5.92 Å². The van der Waals surface area contributed by atoms with Crippen LogP contribution < -0.4 is 5.32 Å². The van der Waals surface area contributed by atoms with Crippen molar-refractivity contribution in [1.29, 1.82) is 0 Å². The summed E-state index contributed by atoms with van der Waals surface area (Å²) in [6.07, 6.45) is 1.88. The molecule has 1 N–H and O–H groups in total. The van der Waals surface area contributed by atoms with Gasteiger partial charge in [-0.25, -0.2) is 0 Å². The SMILES string of the molecule is CCC[C@@H](C)C(=O)Nc1ccc(-c2nnc(-c3ccccc3)o2)cc1. The van der Waals surface area contributed by atoms with Crippen LogP contribution in [0.15, 0.2) is 59.0 Å². The summed E-state index contributed by atoms with van der Waals surface area (Å²) >= 11 is 0.